The summed E-state index contributed by atoms with van der Waals surface area (Å²) in [6, 6.07) is 0. The van der Waals surface area contributed by atoms with Gasteiger partial charge in [-0.15, -0.1) is 48.6 Å². The molecule has 0 saturated carbocycles. The van der Waals surface area contributed by atoms with Crippen LogP contribution in [0.15, 0.2) is 5.38 Å². The molecule has 10 heteroatoms. The molecule has 1 aromatic rings. The summed E-state index contributed by atoms with van der Waals surface area (Å²) in [5.74, 6) is 0.527. The summed E-state index contributed by atoms with van der Waals surface area (Å²) >= 11 is 1.67. The fourth-order valence-electron chi connectivity index (χ4n) is 3.38. The lowest BCUT2D eigenvalue weighted by molar-refractivity contribution is -0.136. The summed E-state index contributed by atoms with van der Waals surface area (Å²) in [5, 5.41) is 6.46. The molecule has 1 amide bonds. The van der Waals surface area contributed by atoms with E-state index in [1.807, 2.05) is 18.7 Å². The van der Waals surface area contributed by atoms with E-state index in [1.54, 1.807) is 11.3 Å². The maximum absolute atomic E-state index is 12.4. The van der Waals surface area contributed by atoms with Crippen LogP contribution in [0.4, 0.5) is 0 Å². The van der Waals surface area contributed by atoms with Crippen LogP contribution in [0.5, 0.6) is 0 Å². The van der Waals surface area contributed by atoms with Crippen LogP contribution in [0, 0.1) is 5.92 Å². The highest BCUT2D eigenvalue weighted by Crippen LogP contribution is 2.22. The molecule has 1 N–H and O–H groups in total. The number of carbonyl (C=O) groups is 1. The standard InChI is InChI=1S/C17H28N4O2S.3ClH/c1-3-23-13(2)16-19-15(12-24-16)11-20-6-8-21(9-7-20)17(22)14-4-5-18-10-14;;;/h12-14,18H,3-11H2,1-2H3;3*1H. The minimum Gasteiger partial charge on any atom is -0.372 e. The minimum atomic E-state index is 0. The molecular weight excluding hydrogens is 431 g/mol. The highest BCUT2D eigenvalue weighted by molar-refractivity contribution is 7.09. The lowest BCUT2D eigenvalue weighted by Crippen LogP contribution is -2.50. The van der Waals surface area contributed by atoms with E-state index in [0.717, 1.165) is 62.9 Å². The van der Waals surface area contributed by atoms with Crippen LogP contribution in [0.2, 0.25) is 0 Å². The molecular formula is C17H31Cl3N4O2S. The smallest absolute Gasteiger partial charge is 0.227 e. The van der Waals surface area contributed by atoms with E-state index in [1.165, 1.54) is 0 Å². The zero-order valence-corrected chi connectivity index (χ0v) is 19.2. The molecule has 0 bridgehead atoms. The van der Waals surface area contributed by atoms with Crippen molar-refractivity contribution in [3.63, 3.8) is 0 Å². The number of piperazine rings is 1. The SMILES string of the molecule is CCOC(C)c1nc(CN2CCN(C(=O)C3CCNC3)CC2)cs1.Cl.Cl.Cl. The number of ether oxygens (including phenoxy) is 1. The third kappa shape index (κ3) is 7.31. The molecule has 6 nitrogen and oxygen atoms in total. The van der Waals surface area contributed by atoms with Gasteiger partial charge in [0.2, 0.25) is 5.91 Å². The maximum Gasteiger partial charge on any atom is 0.227 e. The van der Waals surface area contributed by atoms with Gasteiger partial charge >= 0.3 is 0 Å². The van der Waals surface area contributed by atoms with Crippen molar-refractivity contribution in [3.8, 4) is 0 Å². The third-order valence-corrected chi connectivity index (χ3v) is 5.87. The zero-order valence-electron chi connectivity index (χ0n) is 15.9. The van der Waals surface area contributed by atoms with Crippen molar-refractivity contribution in [2.45, 2.75) is 32.9 Å². The number of nitrogens with one attached hydrogen (secondary N) is 1. The molecule has 0 aromatic carbocycles. The second kappa shape index (κ2) is 13.1. The first-order chi connectivity index (χ1) is 11.7. The fraction of sp³-hybridized carbons (Fsp3) is 0.765. The van der Waals surface area contributed by atoms with E-state index >= 15 is 0 Å². The Morgan fingerprint density at radius 1 is 1.33 bits per heavy atom. The molecule has 2 unspecified atom stereocenters. The normalized spacial score (nSPS) is 21.0. The van der Waals surface area contributed by atoms with E-state index in [2.05, 4.69) is 15.6 Å². The first-order valence-corrected chi connectivity index (χ1v) is 9.83. The van der Waals surface area contributed by atoms with Gasteiger partial charge in [-0.1, -0.05) is 0 Å². The molecule has 3 heterocycles. The van der Waals surface area contributed by atoms with Gasteiger partial charge < -0.3 is 15.0 Å². The summed E-state index contributed by atoms with van der Waals surface area (Å²) < 4.78 is 5.61. The number of nitrogens with zero attached hydrogens (tertiary/aromatic N) is 3. The monoisotopic (exact) mass is 460 g/mol. The van der Waals surface area contributed by atoms with Crippen LogP contribution >= 0.6 is 48.6 Å². The highest BCUT2D eigenvalue weighted by Gasteiger charge is 2.29. The molecule has 0 aliphatic carbocycles. The van der Waals surface area contributed by atoms with Gasteiger partial charge in [0.05, 0.1) is 11.6 Å². The Labute approximate surface area is 184 Å². The Bertz CT molecular complexity index is 550. The Morgan fingerprint density at radius 2 is 2.04 bits per heavy atom. The van der Waals surface area contributed by atoms with Crippen LogP contribution in [0.3, 0.4) is 0 Å². The summed E-state index contributed by atoms with van der Waals surface area (Å²) in [6.07, 6.45) is 1.06. The maximum atomic E-state index is 12.4. The number of hydrogen-bond acceptors (Lipinski definition) is 6. The van der Waals surface area contributed by atoms with E-state index in [4.69, 9.17) is 9.72 Å². The van der Waals surface area contributed by atoms with E-state index in [-0.39, 0.29) is 49.2 Å². The molecule has 158 valence electrons. The molecule has 0 spiro atoms. The summed E-state index contributed by atoms with van der Waals surface area (Å²) in [4.78, 5) is 21.6. The lowest BCUT2D eigenvalue weighted by atomic mass is 10.1. The van der Waals surface area contributed by atoms with Crippen LogP contribution in [-0.2, 0) is 16.1 Å². The Hall–Kier alpha value is -0.150. The number of rotatable bonds is 6. The van der Waals surface area contributed by atoms with Gasteiger partial charge in [0.15, 0.2) is 0 Å². The first-order valence-electron chi connectivity index (χ1n) is 8.95. The van der Waals surface area contributed by atoms with Crippen LogP contribution in [0.25, 0.3) is 0 Å². The van der Waals surface area contributed by atoms with Crippen LogP contribution in [-0.4, -0.2) is 66.6 Å². The van der Waals surface area contributed by atoms with E-state index in [9.17, 15) is 4.79 Å². The number of amides is 1. The molecule has 2 atom stereocenters. The lowest BCUT2D eigenvalue weighted by Gasteiger charge is -2.35. The summed E-state index contributed by atoms with van der Waals surface area (Å²) in [7, 11) is 0. The van der Waals surface area contributed by atoms with Gasteiger partial charge in [0.25, 0.3) is 0 Å². The first kappa shape index (κ1) is 26.9. The van der Waals surface area contributed by atoms with Crippen molar-refractivity contribution in [1.29, 1.82) is 0 Å². The average molecular weight is 462 g/mol. The van der Waals surface area contributed by atoms with Crippen molar-refractivity contribution in [1.82, 2.24) is 20.1 Å². The van der Waals surface area contributed by atoms with Crippen molar-refractivity contribution < 1.29 is 9.53 Å². The van der Waals surface area contributed by atoms with E-state index < -0.39 is 0 Å². The van der Waals surface area contributed by atoms with Gasteiger partial charge in [-0.25, -0.2) is 4.98 Å². The molecule has 0 radical (unpaired) electrons. The molecule has 2 aliphatic heterocycles. The van der Waals surface area contributed by atoms with Gasteiger partial charge in [0, 0.05) is 51.3 Å². The number of aromatic nitrogens is 1. The van der Waals surface area contributed by atoms with Crippen LogP contribution < -0.4 is 5.32 Å². The van der Waals surface area contributed by atoms with Gasteiger partial charge in [-0.05, 0) is 26.8 Å². The topological polar surface area (TPSA) is 57.7 Å². The van der Waals surface area contributed by atoms with Gasteiger partial charge in [0.1, 0.15) is 11.1 Å². The molecule has 2 aliphatic rings. The highest BCUT2D eigenvalue weighted by atomic mass is 35.5. The molecule has 1 aromatic heterocycles. The average Bonchev–Trinajstić information content (AvgIpc) is 3.27. The second-order valence-electron chi connectivity index (χ2n) is 6.57. The Balaban J connectivity index is 0.00000225. The molecule has 2 fully saturated rings. The predicted molar refractivity (Wildman–Crippen MR) is 117 cm³/mol. The van der Waals surface area contributed by atoms with Crippen molar-refractivity contribution >= 4 is 54.5 Å². The zero-order chi connectivity index (χ0) is 16.9. The number of halogens is 3. The summed E-state index contributed by atoms with van der Waals surface area (Å²) in [5.41, 5.74) is 1.11. The van der Waals surface area contributed by atoms with Crippen molar-refractivity contribution in [2.24, 2.45) is 5.92 Å². The second-order valence-corrected chi connectivity index (χ2v) is 7.46. The number of thiazole rings is 1. The third-order valence-electron chi connectivity index (χ3n) is 4.81. The Kier molecular flexibility index (Phi) is 13.1. The van der Waals surface area contributed by atoms with Crippen molar-refractivity contribution in [2.75, 3.05) is 45.9 Å². The van der Waals surface area contributed by atoms with Crippen molar-refractivity contribution in [3.05, 3.63) is 16.1 Å². The fourth-order valence-corrected chi connectivity index (χ4v) is 4.20. The van der Waals surface area contributed by atoms with E-state index in [0.29, 0.717) is 12.5 Å². The van der Waals surface area contributed by atoms with Gasteiger partial charge in [-0.2, -0.15) is 0 Å². The largest absolute Gasteiger partial charge is 0.372 e. The molecule has 3 rings (SSSR count). The predicted octanol–water partition coefficient (Wildman–Crippen LogP) is 2.76. The quantitative estimate of drug-likeness (QED) is 0.706. The molecule has 2 saturated heterocycles. The molecule has 27 heavy (non-hydrogen) atoms. The number of hydrogen-bond donors (Lipinski definition) is 1. The number of carbonyl (C=O) groups excluding carboxylic acids is 1. The van der Waals surface area contributed by atoms with Gasteiger partial charge in [-0.3, -0.25) is 9.69 Å². The Morgan fingerprint density at radius 3 is 2.63 bits per heavy atom. The van der Waals surface area contributed by atoms with Crippen LogP contribution in [0.1, 0.15) is 37.1 Å². The summed E-state index contributed by atoms with van der Waals surface area (Å²) in [6.45, 7) is 11.0. The minimum absolute atomic E-state index is 0.